The second kappa shape index (κ2) is 8.39. The molecule has 0 bridgehead atoms. The molecule has 32 heavy (non-hydrogen) atoms. The van der Waals surface area contributed by atoms with Gasteiger partial charge in [0.1, 0.15) is 0 Å². The summed E-state index contributed by atoms with van der Waals surface area (Å²) >= 11 is 9.64. The summed E-state index contributed by atoms with van der Waals surface area (Å²) in [6.07, 6.45) is 0. The Bertz CT molecular complexity index is 1500. The molecule has 0 radical (unpaired) electrons. The predicted molar refractivity (Wildman–Crippen MR) is 142 cm³/mol. The number of hydrogen-bond acceptors (Lipinski definition) is 4. The SMILES string of the molecule is Sc1ccccc1-c1nc2cc(-c3ccc4[se]c(-c5ccccc5S)nc4c3)ccc2[se]1. The molecule has 4 aromatic carbocycles. The van der Waals surface area contributed by atoms with E-state index >= 15 is 0 Å². The van der Waals surface area contributed by atoms with Gasteiger partial charge in [0, 0.05) is 0 Å². The molecular weight excluding hydrogens is 562 g/mol. The van der Waals surface area contributed by atoms with Crippen molar-refractivity contribution in [1.29, 1.82) is 0 Å². The van der Waals surface area contributed by atoms with E-state index in [0.717, 1.165) is 41.1 Å². The maximum atomic E-state index is 4.97. The Balaban J connectivity index is 1.41. The van der Waals surface area contributed by atoms with Crippen LogP contribution in [0.4, 0.5) is 0 Å². The van der Waals surface area contributed by atoms with E-state index in [0.29, 0.717) is 0 Å². The van der Waals surface area contributed by atoms with Crippen molar-refractivity contribution in [3.63, 3.8) is 0 Å². The summed E-state index contributed by atoms with van der Waals surface area (Å²) in [5.41, 5.74) is 6.79. The van der Waals surface area contributed by atoms with Gasteiger partial charge in [0.25, 0.3) is 0 Å². The van der Waals surface area contributed by atoms with Gasteiger partial charge in [-0.2, -0.15) is 0 Å². The number of benzene rings is 4. The average molecular weight is 578 g/mol. The molecule has 154 valence electrons. The van der Waals surface area contributed by atoms with Crippen molar-refractivity contribution in [2.24, 2.45) is 0 Å². The van der Waals surface area contributed by atoms with Crippen molar-refractivity contribution in [3.05, 3.63) is 84.9 Å². The van der Waals surface area contributed by atoms with Gasteiger partial charge in [0.05, 0.1) is 0 Å². The number of hydrogen-bond donors (Lipinski definition) is 2. The topological polar surface area (TPSA) is 25.8 Å². The van der Waals surface area contributed by atoms with Crippen molar-refractivity contribution < 1.29 is 0 Å². The third kappa shape index (κ3) is 3.71. The predicted octanol–water partition coefficient (Wildman–Crippen LogP) is 6.48. The Morgan fingerprint density at radius 2 is 0.969 bits per heavy atom. The van der Waals surface area contributed by atoms with Gasteiger partial charge in [-0.25, -0.2) is 0 Å². The minimum absolute atomic E-state index is 0.201. The zero-order valence-electron chi connectivity index (χ0n) is 16.7. The van der Waals surface area contributed by atoms with E-state index in [4.69, 9.17) is 9.97 Å². The molecule has 0 unspecified atom stereocenters. The van der Waals surface area contributed by atoms with Crippen LogP contribution in [-0.2, 0) is 0 Å². The number of fused-ring (bicyclic) bond motifs is 2. The first kappa shape index (κ1) is 20.6. The summed E-state index contributed by atoms with van der Waals surface area (Å²) in [6.45, 7) is 0. The molecule has 6 heteroatoms. The fourth-order valence-electron chi connectivity index (χ4n) is 3.75. The van der Waals surface area contributed by atoms with Gasteiger partial charge < -0.3 is 0 Å². The third-order valence-corrected chi connectivity index (χ3v) is 10.6. The second-order valence-corrected chi connectivity index (χ2v) is 12.7. The van der Waals surface area contributed by atoms with Gasteiger partial charge in [-0.05, 0) is 0 Å². The number of aromatic nitrogens is 2. The number of nitrogens with zero attached hydrogens (tertiary/aromatic N) is 2. The molecule has 0 aliphatic carbocycles. The fraction of sp³-hybridized carbons (Fsp3) is 0. The second-order valence-electron chi connectivity index (χ2n) is 7.44. The summed E-state index contributed by atoms with van der Waals surface area (Å²) < 4.78 is 4.93. The Hall–Kier alpha value is -2.04. The molecule has 6 aromatic rings. The van der Waals surface area contributed by atoms with Crippen molar-refractivity contribution >= 4 is 73.8 Å². The summed E-state index contributed by atoms with van der Waals surface area (Å²) in [7, 11) is 0. The van der Waals surface area contributed by atoms with Crippen molar-refractivity contribution in [3.8, 4) is 31.4 Å². The number of thiol groups is 2. The van der Waals surface area contributed by atoms with Crippen LogP contribution in [0.1, 0.15) is 0 Å². The Morgan fingerprint density at radius 1 is 0.531 bits per heavy atom. The molecule has 2 nitrogen and oxygen atoms in total. The van der Waals surface area contributed by atoms with Crippen LogP contribution in [0.3, 0.4) is 0 Å². The van der Waals surface area contributed by atoms with E-state index in [2.05, 4.69) is 85.9 Å². The Labute approximate surface area is 208 Å². The van der Waals surface area contributed by atoms with Gasteiger partial charge in [-0.1, -0.05) is 0 Å². The van der Waals surface area contributed by atoms with Crippen LogP contribution in [0.5, 0.6) is 0 Å². The van der Waals surface area contributed by atoms with Gasteiger partial charge in [0.15, 0.2) is 0 Å². The average Bonchev–Trinajstić information content (AvgIpc) is 3.42. The van der Waals surface area contributed by atoms with E-state index in [1.54, 1.807) is 0 Å². The Morgan fingerprint density at radius 3 is 1.41 bits per heavy atom. The van der Waals surface area contributed by atoms with Crippen LogP contribution < -0.4 is 0 Å². The van der Waals surface area contributed by atoms with Gasteiger partial charge in [-0.3, -0.25) is 0 Å². The first-order valence-corrected chi connectivity index (χ1v) is 14.4. The van der Waals surface area contributed by atoms with E-state index in [1.165, 1.54) is 19.6 Å². The maximum absolute atomic E-state index is 4.97. The van der Waals surface area contributed by atoms with Gasteiger partial charge >= 0.3 is 210 Å². The molecular formula is C26H16N2S2Se2. The van der Waals surface area contributed by atoms with Gasteiger partial charge in [0.2, 0.25) is 0 Å². The normalized spacial score (nSPS) is 11.4. The monoisotopic (exact) mass is 580 g/mol. The molecule has 0 fully saturated rings. The number of rotatable bonds is 3. The third-order valence-electron chi connectivity index (χ3n) is 5.38. The van der Waals surface area contributed by atoms with Crippen LogP contribution in [0.25, 0.3) is 50.9 Å². The quantitative estimate of drug-likeness (QED) is 0.186. The summed E-state index contributed by atoms with van der Waals surface area (Å²) in [5, 5.41) is 0. The molecule has 0 saturated heterocycles. The van der Waals surface area contributed by atoms with Crippen LogP contribution >= 0.6 is 25.3 Å². The van der Waals surface area contributed by atoms with Crippen LogP contribution in [0.15, 0.2) is 94.7 Å². The van der Waals surface area contributed by atoms with Crippen molar-refractivity contribution in [1.82, 2.24) is 9.97 Å². The molecule has 0 N–H and O–H groups in total. The molecule has 6 rings (SSSR count). The van der Waals surface area contributed by atoms with E-state index in [1.807, 2.05) is 24.3 Å². The van der Waals surface area contributed by atoms with E-state index < -0.39 is 0 Å². The van der Waals surface area contributed by atoms with E-state index in [9.17, 15) is 0 Å². The minimum atomic E-state index is 0.201. The fourth-order valence-corrected chi connectivity index (χ4v) is 8.76. The first-order chi connectivity index (χ1) is 15.7. The molecule has 2 aromatic heterocycles. The van der Waals surface area contributed by atoms with Crippen LogP contribution in [-0.4, -0.2) is 39.0 Å². The zero-order chi connectivity index (χ0) is 21.7. The van der Waals surface area contributed by atoms with Gasteiger partial charge in [-0.15, -0.1) is 0 Å². The van der Waals surface area contributed by atoms with Crippen molar-refractivity contribution in [2.75, 3.05) is 0 Å². The summed E-state index contributed by atoms with van der Waals surface area (Å²) in [4.78, 5) is 11.9. The standard InChI is InChI=1S/C26H16N2S2Se2/c29-21-7-3-1-5-17(21)25-27-19-13-15(9-11-23(19)31-25)16-10-12-24-20(14-16)28-26(32-24)18-6-2-4-8-22(18)30/h1-14,29-30H. The molecule has 0 spiro atoms. The first-order valence-electron chi connectivity index (χ1n) is 10.0. The van der Waals surface area contributed by atoms with Crippen LogP contribution in [0.2, 0.25) is 0 Å². The molecule has 0 saturated carbocycles. The molecule has 0 aliphatic rings. The van der Waals surface area contributed by atoms with Crippen molar-refractivity contribution in [2.45, 2.75) is 9.79 Å². The summed E-state index contributed by atoms with van der Waals surface area (Å²) in [5.74, 6) is 0. The molecule has 2 heterocycles. The van der Waals surface area contributed by atoms with Crippen LogP contribution in [0, 0.1) is 0 Å². The summed E-state index contributed by atoms with van der Waals surface area (Å²) in [6, 6.07) is 29.7. The van der Waals surface area contributed by atoms with E-state index in [-0.39, 0.29) is 29.0 Å². The molecule has 0 atom stereocenters. The Kier molecular flexibility index (Phi) is 5.39. The molecule has 0 amide bonds. The zero-order valence-corrected chi connectivity index (χ0v) is 21.9. The molecule has 0 aliphatic heterocycles.